The highest BCUT2D eigenvalue weighted by molar-refractivity contribution is 7.98. The van der Waals surface area contributed by atoms with E-state index in [1.165, 1.54) is 17.8 Å². The van der Waals surface area contributed by atoms with Crippen LogP contribution in [0.15, 0.2) is 60.0 Å². The number of nitrogens with zero attached hydrogens (tertiary/aromatic N) is 5. The van der Waals surface area contributed by atoms with Crippen LogP contribution in [0.25, 0.3) is 5.69 Å². The van der Waals surface area contributed by atoms with Gasteiger partial charge in [0.25, 0.3) is 5.91 Å². The maximum Gasteiger partial charge on any atom is 0.278 e. The normalized spacial score (nSPS) is 10.9. The maximum atomic E-state index is 13.9. The average Bonchev–Trinajstić information content (AvgIpc) is 3.21. The minimum Gasteiger partial charge on any atom is -0.320 e. The Kier molecular flexibility index (Phi) is 6.48. The smallest absolute Gasteiger partial charge is 0.278 e. The Labute approximate surface area is 193 Å². The molecule has 0 saturated heterocycles. The van der Waals surface area contributed by atoms with Gasteiger partial charge in [-0.3, -0.25) is 4.79 Å². The van der Waals surface area contributed by atoms with E-state index in [4.69, 9.17) is 11.6 Å². The molecule has 4 aromatic rings. The third-order valence-electron chi connectivity index (χ3n) is 4.69. The van der Waals surface area contributed by atoms with Gasteiger partial charge in [0, 0.05) is 28.9 Å². The highest BCUT2D eigenvalue weighted by Crippen LogP contribution is 2.26. The van der Waals surface area contributed by atoms with E-state index in [0.717, 1.165) is 5.56 Å². The first-order chi connectivity index (χ1) is 15.4. The molecule has 0 aliphatic carbocycles. The van der Waals surface area contributed by atoms with Gasteiger partial charge >= 0.3 is 0 Å². The molecular formula is C22H18ClFN6OS. The number of hydrogen-bond acceptors (Lipinski definition) is 6. The van der Waals surface area contributed by atoms with E-state index in [0.29, 0.717) is 38.6 Å². The summed E-state index contributed by atoms with van der Waals surface area (Å²) in [5.74, 6) is -0.576. The molecular weight excluding hydrogens is 451 g/mol. The zero-order valence-electron chi connectivity index (χ0n) is 17.2. The van der Waals surface area contributed by atoms with Gasteiger partial charge in [0.05, 0.1) is 11.4 Å². The Balaban J connectivity index is 1.68. The van der Waals surface area contributed by atoms with Crippen molar-refractivity contribution in [1.29, 1.82) is 0 Å². The van der Waals surface area contributed by atoms with Gasteiger partial charge in [0.2, 0.25) is 0 Å². The number of thioether (sulfide) groups is 1. The van der Waals surface area contributed by atoms with Crippen molar-refractivity contribution in [2.24, 2.45) is 0 Å². The number of halogens is 2. The van der Waals surface area contributed by atoms with Crippen LogP contribution in [-0.2, 0) is 5.75 Å². The Bertz CT molecular complexity index is 1280. The number of benzene rings is 2. The summed E-state index contributed by atoms with van der Waals surface area (Å²) in [6, 6.07) is 11.7. The molecule has 2 aromatic carbocycles. The number of carbonyl (C=O) groups excluding carboxylic acids is 1. The monoisotopic (exact) mass is 468 g/mol. The third-order valence-corrected chi connectivity index (χ3v) is 5.98. The topological polar surface area (TPSA) is 85.6 Å². The molecule has 4 rings (SSSR count). The predicted molar refractivity (Wildman–Crippen MR) is 122 cm³/mol. The number of nitrogens with one attached hydrogen (secondary N) is 1. The molecule has 0 atom stereocenters. The van der Waals surface area contributed by atoms with Gasteiger partial charge in [0.15, 0.2) is 10.9 Å². The fraction of sp³-hybridized carbons (Fsp3) is 0.136. The highest BCUT2D eigenvalue weighted by atomic mass is 35.5. The first-order valence-corrected chi connectivity index (χ1v) is 11.0. The molecule has 0 spiro atoms. The van der Waals surface area contributed by atoms with E-state index in [-0.39, 0.29) is 5.69 Å². The van der Waals surface area contributed by atoms with Crippen LogP contribution in [0.1, 0.15) is 27.3 Å². The van der Waals surface area contributed by atoms with E-state index in [2.05, 4.69) is 25.6 Å². The first kappa shape index (κ1) is 21.9. The lowest BCUT2D eigenvalue weighted by Crippen LogP contribution is -2.15. The molecule has 32 heavy (non-hydrogen) atoms. The van der Waals surface area contributed by atoms with Gasteiger partial charge in [-0.25, -0.2) is 19.0 Å². The summed E-state index contributed by atoms with van der Waals surface area (Å²) in [6.45, 7) is 3.55. The number of carbonyl (C=O) groups is 1. The van der Waals surface area contributed by atoms with Crippen molar-refractivity contribution < 1.29 is 9.18 Å². The fourth-order valence-electron chi connectivity index (χ4n) is 2.88. The van der Waals surface area contributed by atoms with Crippen LogP contribution in [-0.4, -0.2) is 30.9 Å². The Morgan fingerprint density at radius 3 is 2.59 bits per heavy atom. The number of anilines is 1. The van der Waals surface area contributed by atoms with Crippen molar-refractivity contribution in [3.63, 3.8) is 0 Å². The van der Waals surface area contributed by atoms with E-state index in [1.54, 1.807) is 48.3 Å². The summed E-state index contributed by atoms with van der Waals surface area (Å²) < 4.78 is 15.5. The van der Waals surface area contributed by atoms with Crippen LogP contribution in [0.5, 0.6) is 0 Å². The number of aryl methyl sites for hydroxylation is 2. The van der Waals surface area contributed by atoms with E-state index in [1.807, 2.05) is 19.1 Å². The number of aromatic nitrogens is 5. The van der Waals surface area contributed by atoms with Gasteiger partial charge in [-0.15, -0.1) is 5.10 Å². The van der Waals surface area contributed by atoms with Crippen molar-refractivity contribution in [1.82, 2.24) is 25.0 Å². The van der Waals surface area contributed by atoms with Crippen molar-refractivity contribution in [3.8, 4) is 5.69 Å². The molecule has 0 aliphatic heterocycles. The Morgan fingerprint density at radius 2 is 1.88 bits per heavy atom. The van der Waals surface area contributed by atoms with Gasteiger partial charge in [-0.2, -0.15) is 0 Å². The third kappa shape index (κ3) is 4.79. The molecule has 1 N–H and O–H groups in total. The van der Waals surface area contributed by atoms with Crippen LogP contribution >= 0.6 is 23.4 Å². The van der Waals surface area contributed by atoms with E-state index < -0.39 is 11.7 Å². The molecule has 0 fully saturated rings. The first-order valence-electron chi connectivity index (χ1n) is 9.61. The molecule has 2 heterocycles. The summed E-state index contributed by atoms with van der Waals surface area (Å²) in [5, 5.41) is 12.1. The van der Waals surface area contributed by atoms with Crippen LogP contribution in [0.4, 0.5) is 10.1 Å². The zero-order chi connectivity index (χ0) is 22.7. The second-order valence-electron chi connectivity index (χ2n) is 6.97. The molecule has 0 saturated carbocycles. The average molecular weight is 469 g/mol. The summed E-state index contributed by atoms with van der Waals surface area (Å²) >= 11 is 7.63. The second-order valence-corrected chi connectivity index (χ2v) is 8.32. The lowest BCUT2D eigenvalue weighted by molar-refractivity contribution is 0.102. The Hall–Kier alpha value is -3.30. The summed E-state index contributed by atoms with van der Waals surface area (Å²) in [6.07, 6.45) is 3.29. The molecule has 0 aliphatic rings. The molecule has 2 aromatic heterocycles. The lowest BCUT2D eigenvalue weighted by atomic mass is 10.2. The van der Waals surface area contributed by atoms with Gasteiger partial charge in [-0.1, -0.05) is 40.7 Å². The van der Waals surface area contributed by atoms with Crippen molar-refractivity contribution in [2.75, 3.05) is 5.32 Å². The number of hydrogen-bond donors (Lipinski definition) is 1. The summed E-state index contributed by atoms with van der Waals surface area (Å²) in [7, 11) is 0. The predicted octanol–water partition coefficient (Wildman–Crippen LogP) is 5.01. The molecule has 0 radical (unpaired) electrons. The highest BCUT2D eigenvalue weighted by Gasteiger charge is 2.22. The largest absolute Gasteiger partial charge is 0.320 e. The quantitative estimate of drug-likeness (QED) is 0.316. The standard InChI is InChI=1S/C22H18ClFN6OS/c1-13-5-7-16(11-17(13)23)30-19(12-32-22-25-8-3-9-26-22)20(28-29-30)21(31)27-15-6-4-14(2)18(24)10-15/h3-11H,12H2,1-2H3,(H,27,31). The van der Waals surface area contributed by atoms with Gasteiger partial charge in [-0.05, 0) is 55.3 Å². The number of amides is 1. The van der Waals surface area contributed by atoms with Crippen molar-refractivity contribution >= 4 is 35.0 Å². The van der Waals surface area contributed by atoms with Crippen LogP contribution in [0.2, 0.25) is 5.02 Å². The van der Waals surface area contributed by atoms with E-state index in [9.17, 15) is 9.18 Å². The minimum atomic E-state index is -0.498. The van der Waals surface area contributed by atoms with Gasteiger partial charge < -0.3 is 5.32 Å². The lowest BCUT2D eigenvalue weighted by Gasteiger charge is -2.10. The fourth-order valence-corrected chi connectivity index (χ4v) is 3.85. The van der Waals surface area contributed by atoms with Crippen LogP contribution in [0, 0.1) is 19.7 Å². The van der Waals surface area contributed by atoms with E-state index >= 15 is 0 Å². The molecule has 10 heteroatoms. The molecule has 0 bridgehead atoms. The van der Waals surface area contributed by atoms with Crippen LogP contribution < -0.4 is 5.32 Å². The molecule has 0 unspecified atom stereocenters. The molecule has 7 nitrogen and oxygen atoms in total. The van der Waals surface area contributed by atoms with Gasteiger partial charge in [0.1, 0.15) is 5.82 Å². The SMILES string of the molecule is Cc1ccc(NC(=O)c2nnn(-c3ccc(C)c(Cl)c3)c2CSc2ncccn2)cc1F. The number of rotatable bonds is 6. The Morgan fingerprint density at radius 1 is 1.12 bits per heavy atom. The van der Waals surface area contributed by atoms with Crippen LogP contribution in [0.3, 0.4) is 0 Å². The summed E-state index contributed by atoms with van der Waals surface area (Å²) in [4.78, 5) is 21.4. The maximum absolute atomic E-state index is 13.9. The molecule has 1 amide bonds. The molecule has 162 valence electrons. The van der Waals surface area contributed by atoms with Crippen molar-refractivity contribution in [3.05, 3.63) is 88.2 Å². The second kappa shape index (κ2) is 9.46. The minimum absolute atomic E-state index is 0.117. The zero-order valence-corrected chi connectivity index (χ0v) is 18.8. The summed E-state index contributed by atoms with van der Waals surface area (Å²) in [5.41, 5.74) is 3.06. The van der Waals surface area contributed by atoms with Crippen molar-refractivity contribution in [2.45, 2.75) is 24.8 Å².